The average Bonchev–Trinajstić information content (AvgIpc) is 3.12. The lowest BCUT2D eigenvalue weighted by molar-refractivity contribution is 0.0474. The van der Waals surface area contributed by atoms with Gasteiger partial charge in [0.25, 0.3) is 0 Å². The van der Waals surface area contributed by atoms with Crippen molar-refractivity contribution in [3.63, 3.8) is 0 Å². The molecule has 1 aliphatic carbocycles. The van der Waals surface area contributed by atoms with Gasteiger partial charge in [-0.15, -0.1) is 0 Å². The highest BCUT2D eigenvalue weighted by atomic mass is 32.2. The molecule has 0 bridgehead atoms. The zero-order valence-electron chi connectivity index (χ0n) is 14.7. The van der Waals surface area contributed by atoms with Gasteiger partial charge in [0.05, 0.1) is 12.7 Å². The molecule has 142 valence electrons. The quantitative estimate of drug-likeness (QED) is 0.596. The van der Waals surface area contributed by atoms with E-state index in [9.17, 15) is 18.0 Å². The van der Waals surface area contributed by atoms with Gasteiger partial charge in [0, 0.05) is 5.56 Å². The molecule has 0 unspecified atom stereocenters. The molecular formula is C19H19NO6S. The van der Waals surface area contributed by atoms with Crippen molar-refractivity contribution < 1.29 is 27.5 Å². The highest BCUT2D eigenvalue weighted by molar-refractivity contribution is 7.89. The van der Waals surface area contributed by atoms with Gasteiger partial charge in [-0.25, -0.2) is 18.4 Å². The van der Waals surface area contributed by atoms with E-state index >= 15 is 0 Å². The topological polar surface area (TPSA) is 113 Å². The van der Waals surface area contributed by atoms with Gasteiger partial charge < -0.3 is 9.47 Å². The Balaban J connectivity index is 1.71. The van der Waals surface area contributed by atoms with E-state index in [0.29, 0.717) is 5.56 Å². The van der Waals surface area contributed by atoms with Crippen molar-refractivity contribution >= 4 is 21.8 Å². The molecule has 2 aromatic rings. The lowest BCUT2D eigenvalue weighted by atomic mass is 10.0. The molecule has 0 spiro atoms. The van der Waals surface area contributed by atoms with Crippen LogP contribution in [0.2, 0.25) is 0 Å². The van der Waals surface area contributed by atoms with Crippen LogP contribution in [0.4, 0.5) is 0 Å². The molecule has 0 heterocycles. The molecule has 3 rings (SSSR count). The largest absolute Gasteiger partial charge is 0.495 e. The summed E-state index contributed by atoms with van der Waals surface area (Å²) in [6.45, 7) is -0.436. The molecule has 0 fully saturated rings. The first-order valence-corrected chi connectivity index (χ1v) is 9.87. The number of primary sulfonamides is 1. The number of nitrogens with two attached hydrogens (primary N) is 1. The van der Waals surface area contributed by atoms with Gasteiger partial charge in [-0.3, -0.25) is 4.79 Å². The second-order valence-electron chi connectivity index (χ2n) is 6.25. The molecule has 7 nitrogen and oxygen atoms in total. The molecule has 0 radical (unpaired) electrons. The van der Waals surface area contributed by atoms with Crippen molar-refractivity contribution in [1.82, 2.24) is 0 Å². The predicted molar refractivity (Wildman–Crippen MR) is 97.4 cm³/mol. The number of hydrogen-bond acceptors (Lipinski definition) is 6. The number of carbonyl (C=O) groups is 2. The molecule has 2 N–H and O–H groups in total. The van der Waals surface area contributed by atoms with Crippen molar-refractivity contribution in [2.24, 2.45) is 5.14 Å². The standard InChI is InChI=1S/C19H19NO6S/c1-25-17-8-7-15(10-18(17)27(20,23)24)19(22)26-11-16(21)14-6-5-12-3-2-4-13(12)9-14/h5-10H,2-4,11H2,1H3,(H2,20,23,24). The van der Waals surface area contributed by atoms with Crippen LogP contribution >= 0.6 is 0 Å². The summed E-state index contributed by atoms with van der Waals surface area (Å²) in [5.41, 5.74) is 2.85. The second kappa shape index (κ2) is 7.50. The van der Waals surface area contributed by atoms with Crippen molar-refractivity contribution in [1.29, 1.82) is 0 Å². The highest BCUT2D eigenvalue weighted by Crippen LogP contribution is 2.25. The Morgan fingerprint density at radius 3 is 2.44 bits per heavy atom. The van der Waals surface area contributed by atoms with Crippen LogP contribution in [0.25, 0.3) is 0 Å². The number of rotatable bonds is 6. The summed E-state index contributed by atoms with van der Waals surface area (Å²) in [7, 11) is -2.79. The summed E-state index contributed by atoms with van der Waals surface area (Å²) < 4.78 is 33.2. The van der Waals surface area contributed by atoms with Gasteiger partial charge in [-0.1, -0.05) is 12.1 Å². The third kappa shape index (κ3) is 4.17. The Bertz CT molecular complexity index is 1010. The maximum absolute atomic E-state index is 12.3. The fourth-order valence-electron chi connectivity index (χ4n) is 3.07. The van der Waals surface area contributed by atoms with Crippen LogP contribution in [0.1, 0.15) is 38.3 Å². The Labute approximate surface area is 157 Å². The number of methoxy groups -OCH3 is 1. The first-order chi connectivity index (χ1) is 12.8. The molecule has 0 saturated carbocycles. The molecular weight excluding hydrogens is 370 g/mol. The van der Waals surface area contributed by atoms with Gasteiger partial charge in [-0.05, 0) is 54.7 Å². The Morgan fingerprint density at radius 1 is 1.04 bits per heavy atom. The number of esters is 1. The SMILES string of the molecule is COc1ccc(C(=O)OCC(=O)c2ccc3c(c2)CCC3)cc1S(N)(=O)=O. The minimum absolute atomic E-state index is 0.0169. The minimum Gasteiger partial charge on any atom is -0.495 e. The van der Waals surface area contributed by atoms with Crippen LogP contribution in [0.5, 0.6) is 5.75 Å². The summed E-state index contributed by atoms with van der Waals surface area (Å²) in [6.07, 6.45) is 3.03. The van der Waals surface area contributed by atoms with Crippen LogP contribution in [-0.2, 0) is 27.6 Å². The van der Waals surface area contributed by atoms with E-state index in [2.05, 4.69) is 0 Å². The van der Waals surface area contributed by atoms with E-state index in [1.54, 1.807) is 6.07 Å². The number of carbonyl (C=O) groups excluding carboxylic acids is 2. The van der Waals surface area contributed by atoms with E-state index in [-0.39, 0.29) is 22.0 Å². The van der Waals surface area contributed by atoms with E-state index in [4.69, 9.17) is 14.6 Å². The second-order valence-corrected chi connectivity index (χ2v) is 7.78. The minimum atomic E-state index is -4.08. The molecule has 0 aliphatic heterocycles. The molecule has 0 atom stereocenters. The highest BCUT2D eigenvalue weighted by Gasteiger charge is 2.20. The van der Waals surface area contributed by atoms with Crippen LogP contribution < -0.4 is 9.88 Å². The summed E-state index contributed by atoms with van der Waals surface area (Å²) in [6, 6.07) is 9.21. The first-order valence-electron chi connectivity index (χ1n) is 8.32. The van der Waals surface area contributed by atoms with Crippen LogP contribution in [-0.4, -0.2) is 33.9 Å². The number of ketones is 1. The van der Waals surface area contributed by atoms with E-state index in [1.165, 1.54) is 24.8 Å². The normalized spacial score (nSPS) is 13.1. The van der Waals surface area contributed by atoms with Crippen molar-refractivity contribution in [2.75, 3.05) is 13.7 Å². The van der Waals surface area contributed by atoms with E-state index in [0.717, 1.165) is 30.9 Å². The van der Waals surface area contributed by atoms with Crippen molar-refractivity contribution in [3.05, 3.63) is 58.7 Å². The number of hydrogen-bond donors (Lipinski definition) is 1. The first kappa shape index (κ1) is 19.1. The Morgan fingerprint density at radius 2 is 1.74 bits per heavy atom. The summed E-state index contributed by atoms with van der Waals surface area (Å²) >= 11 is 0. The molecule has 1 aliphatic rings. The van der Waals surface area contributed by atoms with Gasteiger partial charge >= 0.3 is 5.97 Å². The van der Waals surface area contributed by atoms with Gasteiger partial charge in [0.2, 0.25) is 10.0 Å². The molecule has 0 aromatic heterocycles. The van der Waals surface area contributed by atoms with Gasteiger partial charge in [0.15, 0.2) is 12.4 Å². The van der Waals surface area contributed by atoms with Gasteiger partial charge in [-0.2, -0.15) is 0 Å². The van der Waals surface area contributed by atoms with Crippen molar-refractivity contribution in [2.45, 2.75) is 24.2 Å². The third-order valence-corrected chi connectivity index (χ3v) is 5.39. The average molecular weight is 389 g/mol. The summed E-state index contributed by atoms with van der Waals surface area (Å²) in [5, 5.41) is 5.13. The number of aryl methyl sites for hydroxylation is 2. The van der Waals surface area contributed by atoms with Crippen molar-refractivity contribution in [3.8, 4) is 5.75 Å². The number of fused-ring (bicyclic) bond motifs is 1. The predicted octanol–water partition coefficient (Wildman–Crippen LogP) is 1.87. The van der Waals surface area contributed by atoms with Crippen LogP contribution in [0.3, 0.4) is 0 Å². The molecule has 0 amide bonds. The number of ether oxygens (including phenoxy) is 2. The van der Waals surface area contributed by atoms with E-state index < -0.39 is 22.6 Å². The smallest absolute Gasteiger partial charge is 0.338 e. The maximum atomic E-state index is 12.3. The fourth-order valence-corrected chi connectivity index (χ4v) is 3.79. The van der Waals surface area contributed by atoms with Crippen LogP contribution in [0.15, 0.2) is 41.3 Å². The maximum Gasteiger partial charge on any atom is 0.338 e. The lowest BCUT2D eigenvalue weighted by Gasteiger charge is -2.09. The van der Waals surface area contributed by atoms with Gasteiger partial charge in [0.1, 0.15) is 10.6 Å². The number of Topliss-reactive ketones (excluding diaryl/α,β-unsaturated/α-hetero) is 1. The lowest BCUT2D eigenvalue weighted by Crippen LogP contribution is -2.17. The monoisotopic (exact) mass is 389 g/mol. The Hall–Kier alpha value is -2.71. The molecule has 27 heavy (non-hydrogen) atoms. The molecule has 0 saturated heterocycles. The molecule has 8 heteroatoms. The fraction of sp³-hybridized carbons (Fsp3) is 0.263. The zero-order chi connectivity index (χ0) is 19.6. The summed E-state index contributed by atoms with van der Waals surface area (Å²) in [4.78, 5) is 24.2. The zero-order valence-corrected chi connectivity index (χ0v) is 15.5. The number of sulfonamides is 1. The number of benzene rings is 2. The third-order valence-electron chi connectivity index (χ3n) is 4.46. The summed E-state index contributed by atoms with van der Waals surface area (Å²) in [5.74, 6) is -1.13. The van der Waals surface area contributed by atoms with Crippen LogP contribution in [0, 0.1) is 0 Å². The Kier molecular flexibility index (Phi) is 5.29. The van der Waals surface area contributed by atoms with E-state index in [1.807, 2.05) is 12.1 Å². The molecule has 2 aromatic carbocycles.